The first-order valence-electron chi connectivity index (χ1n) is 10.2. The standard InChI is InChI=1S/C21H30N4O3/c1-16(2)28-20-18-12-17(4-5-19(18)22-15-23-20)25-9-7-24(8-10-25)13-21(26)6-3-11-27-14-21/h4-5,12,15-16,26H,3,6-11,13-14H2,1-2H3. The van der Waals surface area contributed by atoms with Crippen LogP contribution in [0.5, 0.6) is 5.88 Å². The summed E-state index contributed by atoms with van der Waals surface area (Å²) in [6.07, 6.45) is 3.39. The molecular formula is C21H30N4O3. The molecule has 0 spiro atoms. The number of rotatable bonds is 5. The highest BCUT2D eigenvalue weighted by Gasteiger charge is 2.33. The summed E-state index contributed by atoms with van der Waals surface area (Å²) in [5.41, 5.74) is 1.37. The minimum absolute atomic E-state index is 0.0693. The summed E-state index contributed by atoms with van der Waals surface area (Å²) >= 11 is 0. The van der Waals surface area contributed by atoms with Crippen LogP contribution in [-0.4, -0.2) is 77.6 Å². The van der Waals surface area contributed by atoms with E-state index in [9.17, 15) is 5.11 Å². The Balaban J connectivity index is 1.43. The summed E-state index contributed by atoms with van der Waals surface area (Å²) in [5.74, 6) is 0.639. The van der Waals surface area contributed by atoms with Crippen LogP contribution in [0.3, 0.4) is 0 Å². The number of nitrogens with zero attached hydrogens (tertiary/aromatic N) is 4. The number of β-amino-alcohol motifs (C(OH)–C–C–N with tert-alkyl or cyclic N) is 1. The lowest BCUT2D eigenvalue weighted by Crippen LogP contribution is -2.54. The molecule has 0 saturated carbocycles. The number of hydrogen-bond acceptors (Lipinski definition) is 7. The number of anilines is 1. The first-order chi connectivity index (χ1) is 13.5. The van der Waals surface area contributed by atoms with Gasteiger partial charge in [-0.15, -0.1) is 0 Å². The molecule has 0 bridgehead atoms. The molecule has 0 radical (unpaired) electrons. The Morgan fingerprint density at radius 3 is 2.75 bits per heavy atom. The molecule has 2 aliphatic heterocycles. The van der Waals surface area contributed by atoms with Crippen LogP contribution in [0.2, 0.25) is 0 Å². The van der Waals surface area contributed by atoms with Crippen molar-refractivity contribution in [1.29, 1.82) is 0 Å². The van der Waals surface area contributed by atoms with Crippen LogP contribution in [0.25, 0.3) is 10.9 Å². The van der Waals surface area contributed by atoms with Gasteiger partial charge in [-0.1, -0.05) is 0 Å². The van der Waals surface area contributed by atoms with E-state index in [2.05, 4.69) is 31.9 Å². The molecule has 0 amide bonds. The average Bonchev–Trinajstić information content (AvgIpc) is 2.68. The Kier molecular flexibility index (Phi) is 5.66. The Hall–Kier alpha value is -1.96. The molecule has 1 unspecified atom stereocenters. The van der Waals surface area contributed by atoms with Gasteiger partial charge in [-0.3, -0.25) is 4.90 Å². The highest BCUT2D eigenvalue weighted by Crippen LogP contribution is 2.28. The van der Waals surface area contributed by atoms with Gasteiger partial charge in [-0.2, -0.15) is 0 Å². The Morgan fingerprint density at radius 2 is 2.04 bits per heavy atom. The summed E-state index contributed by atoms with van der Waals surface area (Å²) in [4.78, 5) is 13.4. The molecule has 2 aliphatic rings. The fourth-order valence-electron chi connectivity index (χ4n) is 4.08. The van der Waals surface area contributed by atoms with Gasteiger partial charge < -0.3 is 19.5 Å². The van der Waals surface area contributed by atoms with Crippen LogP contribution in [0.1, 0.15) is 26.7 Å². The number of fused-ring (bicyclic) bond motifs is 1. The van der Waals surface area contributed by atoms with Crippen molar-refractivity contribution < 1.29 is 14.6 Å². The topological polar surface area (TPSA) is 71.0 Å². The van der Waals surface area contributed by atoms with E-state index < -0.39 is 5.60 Å². The van der Waals surface area contributed by atoms with Crippen molar-refractivity contribution in [3.63, 3.8) is 0 Å². The average molecular weight is 386 g/mol. The van der Waals surface area contributed by atoms with Crippen molar-refractivity contribution >= 4 is 16.6 Å². The van der Waals surface area contributed by atoms with Gasteiger partial charge in [0.2, 0.25) is 5.88 Å². The molecule has 2 aromatic rings. The predicted molar refractivity (Wildman–Crippen MR) is 109 cm³/mol. The minimum Gasteiger partial charge on any atom is -0.474 e. The number of ether oxygens (including phenoxy) is 2. The zero-order valence-corrected chi connectivity index (χ0v) is 16.8. The SMILES string of the molecule is CC(C)Oc1ncnc2ccc(N3CCN(CC4(O)CCCOC4)CC3)cc12. The Morgan fingerprint density at radius 1 is 1.21 bits per heavy atom. The molecule has 1 atom stereocenters. The fourth-order valence-corrected chi connectivity index (χ4v) is 4.08. The third kappa shape index (κ3) is 4.37. The second kappa shape index (κ2) is 8.19. The van der Waals surface area contributed by atoms with E-state index in [1.807, 2.05) is 19.9 Å². The van der Waals surface area contributed by atoms with E-state index in [4.69, 9.17) is 9.47 Å². The maximum atomic E-state index is 10.7. The molecule has 152 valence electrons. The Labute approximate surface area is 166 Å². The minimum atomic E-state index is -0.691. The molecule has 1 N–H and O–H groups in total. The normalized spacial score (nSPS) is 24.1. The van der Waals surface area contributed by atoms with E-state index in [1.165, 1.54) is 0 Å². The Bertz CT molecular complexity index is 799. The molecule has 7 nitrogen and oxygen atoms in total. The number of hydrogen-bond donors (Lipinski definition) is 1. The number of piperazine rings is 1. The lowest BCUT2D eigenvalue weighted by Gasteiger charge is -2.41. The van der Waals surface area contributed by atoms with Crippen LogP contribution >= 0.6 is 0 Å². The smallest absolute Gasteiger partial charge is 0.224 e. The van der Waals surface area contributed by atoms with E-state index >= 15 is 0 Å². The highest BCUT2D eigenvalue weighted by atomic mass is 16.5. The molecule has 2 saturated heterocycles. The van der Waals surface area contributed by atoms with Crippen molar-refractivity contribution in [3.05, 3.63) is 24.5 Å². The predicted octanol–water partition coefficient (Wildman–Crippen LogP) is 2.08. The van der Waals surface area contributed by atoms with Gasteiger partial charge in [-0.05, 0) is 44.9 Å². The number of aliphatic hydroxyl groups is 1. The molecule has 1 aromatic carbocycles. The fraction of sp³-hybridized carbons (Fsp3) is 0.619. The monoisotopic (exact) mass is 386 g/mol. The van der Waals surface area contributed by atoms with Gasteiger partial charge in [0.1, 0.15) is 11.9 Å². The highest BCUT2D eigenvalue weighted by molar-refractivity contribution is 5.86. The summed E-state index contributed by atoms with van der Waals surface area (Å²) < 4.78 is 11.4. The van der Waals surface area contributed by atoms with Gasteiger partial charge in [0.25, 0.3) is 0 Å². The van der Waals surface area contributed by atoms with Gasteiger partial charge in [0.05, 0.1) is 23.6 Å². The molecule has 0 aliphatic carbocycles. The van der Waals surface area contributed by atoms with Gasteiger partial charge in [0.15, 0.2) is 0 Å². The zero-order chi connectivity index (χ0) is 19.6. The van der Waals surface area contributed by atoms with Crippen molar-refractivity contribution in [2.75, 3.05) is 50.8 Å². The largest absolute Gasteiger partial charge is 0.474 e. The van der Waals surface area contributed by atoms with Crippen molar-refractivity contribution in [2.45, 2.75) is 38.4 Å². The lowest BCUT2D eigenvalue weighted by molar-refractivity contribution is -0.100. The first kappa shape index (κ1) is 19.4. The van der Waals surface area contributed by atoms with Crippen LogP contribution in [0.4, 0.5) is 5.69 Å². The van der Waals surface area contributed by atoms with Crippen LogP contribution in [0.15, 0.2) is 24.5 Å². The second-order valence-corrected chi connectivity index (χ2v) is 8.19. The van der Waals surface area contributed by atoms with E-state index in [-0.39, 0.29) is 6.10 Å². The van der Waals surface area contributed by atoms with Gasteiger partial charge in [0, 0.05) is 45.0 Å². The van der Waals surface area contributed by atoms with E-state index in [1.54, 1.807) is 6.33 Å². The van der Waals surface area contributed by atoms with Gasteiger partial charge >= 0.3 is 0 Å². The summed E-state index contributed by atoms with van der Waals surface area (Å²) in [5, 5.41) is 11.7. The van der Waals surface area contributed by atoms with Crippen LogP contribution in [0, 0.1) is 0 Å². The van der Waals surface area contributed by atoms with Gasteiger partial charge in [-0.25, -0.2) is 9.97 Å². The van der Waals surface area contributed by atoms with Crippen molar-refractivity contribution in [1.82, 2.24) is 14.9 Å². The third-order valence-corrected chi connectivity index (χ3v) is 5.49. The summed E-state index contributed by atoms with van der Waals surface area (Å²) in [7, 11) is 0. The molecule has 1 aromatic heterocycles. The number of benzene rings is 1. The summed E-state index contributed by atoms with van der Waals surface area (Å²) in [6, 6.07) is 6.28. The third-order valence-electron chi connectivity index (χ3n) is 5.49. The maximum absolute atomic E-state index is 10.7. The molecular weight excluding hydrogens is 356 g/mol. The number of aromatic nitrogens is 2. The van der Waals surface area contributed by atoms with Crippen molar-refractivity contribution in [2.24, 2.45) is 0 Å². The summed E-state index contributed by atoms with van der Waals surface area (Å²) in [6.45, 7) is 9.64. The molecule has 7 heteroatoms. The van der Waals surface area contributed by atoms with Crippen molar-refractivity contribution in [3.8, 4) is 5.88 Å². The molecule has 28 heavy (non-hydrogen) atoms. The quantitative estimate of drug-likeness (QED) is 0.844. The lowest BCUT2D eigenvalue weighted by atomic mass is 9.96. The van der Waals surface area contributed by atoms with Crippen LogP contribution in [-0.2, 0) is 4.74 Å². The molecule has 2 fully saturated rings. The van der Waals surface area contributed by atoms with Crippen LogP contribution < -0.4 is 9.64 Å². The van der Waals surface area contributed by atoms with E-state index in [0.29, 0.717) is 19.0 Å². The second-order valence-electron chi connectivity index (χ2n) is 8.19. The van der Waals surface area contributed by atoms with E-state index in [0.717, 1.165) is 62.2 Å². The maximum Gasteiger partial charge on any atom is 0.224 e. The zero-order valence-electron chi connectivity index (χ0n) is 16.8. The first-order valence-corrected chi connectivity index (χ1v) is 10.2. The molecule has 4 rings (SSSR count). The molecule has 3 heterocycles.